The molecule has 4 aromatic rings. The van der Waals surface area contributed by atoms with Gasteiger partial charge in [-0.1, -0.05) is 0 Å². The molecule has 0 aliphatic carbocycles. The lowest BCUT2D eigenvalue weighted by Crippen LogP contribution is -1.92. The predicted molar refractivity (Wildman–Crippen MR) is 127 cm³/mol. The van der Waals surface area contributed by atoms with Crippen molar-refractivity contribution in [1.82, 2.24) is 38.2 Å². The zero-order valence-corrected chi connectivity index (χ0v) is 20.0. The number of aliphatic hydroxyl groups is 4. The number of nitrogens with zero attached hydrogens (tertiary/aromatic N) is 8. The highest BCUT2D eigenvalue weighted by atomic mass is 16.3. The van der Waals surface area contributed by atoms with Crippen LogP contribution in [0.25, 0.3) is 0 Å². The molecule has 0 fully saturated rings. The van der Waals surface area contributed by atoms with Crippen LogP contribution in [0.2, 0.25) is 0 Å². The van der Waals surface area contributed by atoms with Crippen molar-refractivity contribution >= 4 is 0 Å². The number of aliphatic hydroxyl groups excluding tert-OH is 4. The summed E-state index contributed by atoms with van der Waals surface area (Å²) in [6.07, 6.45) is 16.5. The first-order chi connectivity index (χ1) is 17.5. The molecule has 192 valence electrons. The first-order valence-corrected chi connectivity index (χ1v) is 12.3. The van der Waals surface area contributed by atoms with Gasteiger partial charge in [0.25, 0.3) is 0 Å². The first-order valence-electron chi connectivity index (χ1n) is 12.3. The summed E-state index contributed by atoms with van der Waals surface area (Å²) in [5.74, 6) is 3.26. The highest BCUT2D eigenvalue weighted by Gasteiger charge is 2.22. The Bertz CT molecular complexity index is 1070. The Labute approximate surface area is 208 Å². The third-order valence-corrected chi connectivity index (χ3v) is 6.76. The highest BCUT2D eigenvalue weighted by Crippen LogP contribution is 2.24. The fourth-order valence-electron chi connectivity index (χ4n) is 4.79. The van der Waals surface area contributed by atoms with E-state index in [9.17, 15) is 20.4 Å². The Morgan fingerprint density at radius 2 is 0.667 bits per heavy atom. The van der Waals surface area contributed by atoms with Crippen molar-refractivity contribution in [2.75, 3.05) is 0 Å². The second-order valence-corrected chi connectivity index (χ2v) is 9.13. The van der Waals surface area contributed by atoms with Gasteiger partial charge in [-0.25, -0.2) is 19.9 Å². The molecular formula is C24H32N8O4. The molecule has 4 aromatic heterocycles. The van der Waals surface area contributed by atoms with Crippen LogP contribution in [0.3, 0.4) is 0 Å². The summed E-state index contributed by atoms with van der Waals surface area (Å²) >= 11 is 0. The smallest absolute Gasteiger partial charge is 0.137 e. The van der Waals surface area contributed by atoms with Gasteiger partial charge in [-0.15, -0.1) is 0 Å². The zero-order chi connectivity index (χ0) is 25.1. The molecule has 0 aromatic carbocycles. The summed E-state index contributed by atoms with van der Waals surface area (Å²) < 4.78 is 7.91. The summed E-state index contributed by atoms with van der Waals surface area (Å²) in [6.45, 7) is 3.65. The summed E-state index contributed by atoms with van der Waals surface area (Å²) in [6, 6.07) is 0. The fourth-order valence-corrected chi connectivity index (χ4v) is 4.79. The molecule has 12 nitrogen and oxygen atoms in total. The standard InChI is InChI=1S/4C6H8N2O/c4*9-5-1-3-8-4-2-7-6(5)8/h4*2,4-5,9H,1,3H2/t4*5-/m1111/s1. The van der Waals surface area contributed by atoms with E-state index in [-0.39, 0.29) is 24.4 Å². The van der Waals surface area contributed by atoms with Gasteiger partial charge in [-0.05, 0) is 25.7 Å². The van der Waals surface area contributed by atoms with Crippen molar-refractivity contribution < 1.29 is 20.4 Å². The van der Waals surface area contributed by atoms with E-state index in [1.54, 1.807) is 24.8 Å². The minimum Gasteiger partial charge on any atom is -0.385 e. The maximum absolute atomic E-state index is 9.19. The number of aromatic nitrogens is 8. The summed E-state index contributed by atoms with van der Waals surface area (Å²) in [5, 5.41) is 36.7. The second kappa shape index (κ2) is 10.7. The van der Waals surface area contributed by atoms with E-state index in [0.29, 0.717) is 0 Å². The predicted octanol–water partition coefficient (Wildman–Crippen LogP) is 1.28. The Hall–Kier alpha value is -3.32. The number of hydrogen-bond donors (Lipinski definition) is 4. The van der Waals surface area contributed by atoms with Gasteiger partial charge in [0.05, 0.1) is 0 Å². The highest BCUT2D eigenvalue weighted by molar-refractivity contribution is 5.03. The van der Waals surface area contributed by atoms with Crippen LogP contribution < -0.4 is 0 Å². The molecule has 36 heavy (non-hydrogen) atoms. The van der Waals surface area contributed by atoms with E-state index < -0.39 is 0 Å². The van der Waals surface area contributed by atoms with Crippen molar-refractivity contribution in [3.8, 4) is 0 Å². The molecule has 0 spiro atoms. The average molecular weight is 497 g/mol. The SMILES string of the molecule is O[C@@H]1CCn2ccnc21.O[C@@H]1CCn2ccnc21.O[C@@H]1CCn2ccnc21.O[C@@H]1CCn2ccnc21. The van der Waals surface area contributed by atoms with Crippen LogP contribution in [0.5, 0.6) is 0 Å². The van der Waals surface area contributed by atoms with Crippen LogP contribution in [0, 0.1) is 0 Å². The van der Waals surface area contributed by atoms with Crippen molar-refractivity contribution in [2.24, 2.45) is 0 Å². The molecule has 0 bridgehead atoms. The first kappa shape index (κ1) is 24.4. The maximum Gasteiger partial charge on any atom is 0.137 e. The van der Waals surface area contributed by atoms with E-state index in [0.717, 1.165) is 75.2 Å². The quantitative estimate of drug-likeness (QED) is 0.284. The number of aryl methyl sites for hydroxylation is 4. The number of hydrogen-bond acceptors (Lipinski definition) is 8. The van der Waals surface area contributed by atoms with Gasteiger partial charge >= 0.3 is 0 Å². The minimum atomic E-state index is -0.319. The van der Waals surface area contributed by atoms with Crippen LogP contribution in [-0.4, -0.2) is 58.6 Å². The van der Waals surface area contributed by atoms with Crippen molar-refractivity contribution in [2.45, 2.75) is 76.3 Å². The molecule has 8 heterocycles. The van der Waals surface area contributed by atoms with Gasteiger partial charge < -0.3 is 38.7 Å². The van der Waals surface area contributed by atoms with Crippen LogP contribution in [0.1, 0.15) is 73.4 Å². The van der Waals surface area contributed by atoms with Gasteiger partial charge in [0, 0.05) is 75.8 Å². The van der Waals surface area contributed by atoms with Crippen LogP contribution in [-0.2, 0) is 26.2 Å². The van der Waals surface area contributed by atoms with Gasteiger partial charge in [0.2, 0.25) is 0 Å². The summed E-state index contributed by atoms with van der Waals surface area (Å²) in [4.78, 5) is 16.0. The Kier molecular flexibility index (Phi) is 7.28. The third kappa shape index (κ3) is 5.12. The normalized spacial score (nSPS) is 24.3. The fraction of sp³-hybridized carbons (Fsp3) is 0.500. The lowest BCUT2D eigenvalue weighted by molar-refractivity contribution is 0.175. The molecule has 0 amide bonds. The summed E-state index contributed by atoms with van der Waals surface area (Å²) in [5.41, 5.74) is 0. The van der Waals surface area contributed by atoms with Gasteiger partial charge in [0.1, 0.15) is 47.7 Å². The minimum absolute atomic E-state index is 0.319. The monoisotopic (exact) mass is 496 g/mol. The molecule has 0 radical (unpaired) electrons. The molecule has 4 aliphatic rings. The maximum atomic E-state index is 9.19. The molecule has 4 atom stereocenters. The number of imidazole rings is 4. The van der Waals surface area contributed by atoms with E-state index in [1.807, 2.05) is 43.1 Å². The molecule has 0 saturated carbocycles. The third-order valence-electron chi connectivity index (χ3n) is 6.76. The number of fused-ring (bicyclic) bond motifs is 4. The van der Waals surface area contributed by atoms with Crippen LogP contribution in [0.15, 0.2) is 49.6 Å². The largest absolute Gasteiger partial charge is 0.385 e. The van der Waals surface area contributed by atoms with Gasteiger partial charge in [0.15, 0.2) is 0 Å². The van der Waals surface area contributed by atoms with Gasteiger partial charge in [-0.3, -0.25) is 0 Å². The van der Waals surface area contributed by atoms with Crippen LogP contribution in [0.4, 0.5) is 0 Å². The topological polar surface area (TPSA) is 152 Å². The zero-order valence-electron chi connectivity index (χ0n) is 20.0. The van der Waals surface area contributed by atoms with Gasteiger partial charge in [-0.2, -0.15) is 0 Å². The van der Waals surface area contributed by atoms with Crippen molar-refractivity contribution in [3.05, 3.63) is 72.9 Å². The molecular weight excluding hydrogens is 464 g/mol. The van der Waals surface area contributed by atoms with E-state index >= 15 is 0 Å². The van der Waals surface area contributed by atoms with E-state index in [1.165, 1.54) is 0 Å². The Morgan fingerprint density at radius 3 is 0.861 bits per heavy atom. The lowest BCUT2D eigenvalue weighted by Gasteiger charge is -1.94. The second-order valence-electron chi connectivity index (χ2n) is 9.13. The van der Waals surface area contributed by atoms with Crippen molar-refractivity contribution in [3.63, 3.8) is 0 Å². The Morgan fingerprint density at radius 1 is 0.444 bits per heavy atom. The lowest BCUT2D eigenvalue weighted by atomic mass is 10.3. The summed E-state index contributed by atoms with van der Waals surface area (Å²) in [7, 11) is 0. The molecule has 0 unspecified atom stereocenters. The molecule has 4 N–H and O–H groups in total. The molecule has 8 rings (SSSR count). The number of rotatable bonds is 0. The molecule has 12 heteroatoms. The van der Waals surface area contributed by atoms with E-state index in [2.05, 4.69) is 19.9 Å². The Balaban J connectivity index is 0.0000000988. The molecule has 4 aliphatic heterocycles. The average Bonchev–Trinajstić information content (AvgIpc) is 3.70. The van der Waals surface area contributed by atoms with Crippen molar-refractivity contribution in [1.29, 1.82) is 0 Å². The molecule has 0 saturated heterocycles. The van der Waals surface area contributed by atoms with E-state index in [4.69, 9.17) is 0 Å². The van der Waals surface area contributed by atoms with Crippen LogP contribution >= 0.6 is 0 Å².